The maximum Gasteiger partial charge on any atom is 0.339 e. The van der Waals surface area contributed by atoms with Gasteiger partial charge >= 0.3 is 11.9 Å². The van der Waals surface area contributed by atoms with Crippen LogP contribution in [0.2, 0.25) is 0 Å². The van der Waals surface area contributed by atoms with Gasteiger partial charge in [-0.3, -0.25) is 0 Å². The van der Waals surface area contributed by atoms with E-state index >= 15 is 0 Å². The molecule has 4 aromatic rings. The normalized spacial score (nSPS) is 11.6. The van der Waals surface area contributed by atoms with Crippen molar-refractivity contribution in [1.29, 1.82) is 0 Å². The van der Waals surface area contributed by atoms with Gasteiger partial charge in [0, 0.05) is 12.8 Å². The van der Waals surface area contributed by atoms with Crippen molar-refractivity contribution in [2.45, 2.75) is 32.8 Å². The van der Waals surface area contributed by atoms with E-state index in [1.54, 1.807) is 12.1 Å². The summed E-state index contributed by atoms with van der Waals surface area (Å²) in [5.41, 5.74) is 3.47. The van der Waals surface area contributed by atoms with Gasteiger partial charge < -0.3 is 29.9 Å². The molecule has 0 aromatic heterocycles. The minimum absolute atomic E-state index is 0.192. The fourth-order valence-electron chi connectivity index (χ4n) is 4.51. The van der Waals surface area contributed by atoms with Crippen molar-refractivity contribution in [2.75, 3.05) is 6.61 Å². The van der Waals surface area contributed by atoms with Gasteiger partial charge in [0.15, 0.2) is 0 Å². The number of carbonyl (C=O) groups is 2. The van der Waals surface area contributed by atoms with Crippen LogP contribution in [-0.4, -0.2) is 45.1 Å². The highest BCUT2D eigenvalue weighted by Gasteiger charge is 2.18. The number of ether oxygens (including phenoxy) is 2. The van der Waals surface area contributed by atoms with E-state index in [1.165, 1.54) is 24.3 Å². The second-order valence-electron chi connectivity index (χ2n) is 9.63. The van der Waals surface area contributed by atoms with Crippen molar-refractivity contribution in [2.24, 2.45) is 0 Å². The molecule has 0 saturated carbocycles. The molecule has 40 heavy (non-hydrogen) atoms. The van der Waals surface area contributed by atoms with E-state index in [0.29, 0.717) is 35.5 Å². The molecule has 0 fully saturated rings. The average Bonchev–Trinajstić information content (AvgIpc) is 2.90. The van der Waals surface area contributed by atoms with Gasteiger partial charge in [0.05, 0.1) is 0 Å². The number of carboxylic acids is 2. The third-order valence-corrected chi connectivity index (χ3v) is 6.30. The summed E-state index contributed by atoms with van der Waals surface area (Å²) in [6, 6.07) is 22.2. The van der Waals surface area contributed by atoms with E-state index in [9.17, 15) is 30.0 Å². The average molecular weight is 543 g/mol. The Morgan fingerprint density at radius 1 is 0.750 bits per heavy atom. The van der Waals surface area contributed by atoms with Crippen LogP contribution in [0.15, 0.2) is 78.9 Å². The second-order valence-corrected chi connectivity index (χ2v) is 9.63. The molecule has 4 rings (SSSR count). The zero-order chi connectivity index (χ0) is 28.8. The number of hydrogen-bond acceptors (Lipinski definition) is 6. The van der Waals surface area contributed by atoms with Gasteiger partial charge in [-0.15, -0.1) is 0 Å². The summed E-state index contributed by atoms with van der Waals surface area (Å²) < 4.78 is 12.3. The van der Waals surface area contributed by atoms with Gasteiger partial charge in [0.2, 0.25) is 0 Å². The minimum atomic E-state index is -1.23. The summed E-state index contributed by atoms with van der Waals surface area (Å²) >= 11 is 0. The number of aryl methyl sites for hydroxylation is 1. The molecule has 0 aliphatic rings. The Balaban J connectivity index is 1.70. The summed E-state index contributed by atoms with van der Waals surface area (Å²) in [6.45, 7) is 4.03. The number of para-hydroxylation sites is 1. The van der Waals surface area contributed by atoms with Crippen LogP contribution in [0.3, 0.4) is 0 Å². The number of aromatic hydroxyl groups is 2. The third-order valence-electron chi connectivity index (χ3n) is 6.30. The Bertz CT molecular complexity index is 1440. The predicted octanol–water partition coefficient (Wildman–Crippen LogP) is 5.83. The Labute approximate surface area is 231 Å². The maximum absolute atomic E-state index is 11.6. The third kappa shape index (κ3) is 6.91. The number of hydrogen-bond donors (Lipinski definition) is 4. The van der Waals surface area contributed by atoms with Crippen LogP contribution >= 0.6 is 0 Å². The first-order valence-electron chi connectivity index (χ1n) is 12.7. The lowest BCUT2D eigenvalue weighted by atomic mass is 9.94. The highest BCUT2D eigenvalue weighted by molar-refractivity contribution is 5.91. The molecule has 0 amide bonds. The van der Waals surface area contributed by atoms with Crippen molar-refractivity contribution in [3.8, 4) is 23.0 Å². The number of rotatable bonds is 11. The summed E-state index contributed by atoms with van der Waals surface area (Å²) in [6.07, 6.45) is 0.354. The van der Waals surface area contributed by atoms with Crippen molar-refractivity contribution >= 4 is 11.9 Å². The summed E-state index contributed by atoms with van der Waals surface area (Å²) in [7, 11) is 0. The summed E-state index contributed by atoms with van der Waals surface area (Å²) in [5.74, 6) is -1.80. The Hall–Kier alpha value is -4.98. The molecule has 4 N–H and O–H groups in total. The first kappa shape index (κ1) is 28.0. The Morgan fingerprint density at radius 2 is 1.25 bits per heavy atom. The van der Waals surface area contributed by atoms with E-state index in [0.717, 1.165) is 16.7 Å². The van der Waals surface area contributed by atoms with Crippen molar-refractivity contribution in [1.82, 2.24) is 0 Å². The zero-order valence-electron chi connectivity index (χ0n) is 22.1. The van der Waals surface area contributed by atoms with Gasteiger partial charge in [0.25, 0.3) is 0 Å². The van der Waals surface area contributed by atoms with Crippen LogP contribution in [0.1, 0.15) is 55.5 Å². The van der Waals surface area contributed by atoms with E-state index in [2.05, 4.69) is 0 Å². The summed E-state index contributed by atoms with van der Waals surface area (Å²) in [5, 5.41) is 38.8. The van der Waals surface area contributed by atoms with Crippen LogP contribution in [0.5, 0.6) is 23.0 Å². The smallest absolute Gasteiger partial charge is 0.339 e. The quantitative estimate of drug-likeness (QED) is 0.186. The fourth-order valence-corrected chi connectivity index (χ4v) is 4.51. The molecule has 0 saturated heterocycles. The van der Waals surface area contributed by atoms with Gasteiger partial charge in [-0.25, -0.2) is 9.59 Å². The fraction of sp³-hybridized carbons (Fsp3) is 0.188. The first-order valence-corrected chi connectivity index (χ1v) is 12.7. The maximum atomic E-state index is 11.6. The van der Waals surface area contributed by atoms with Crippen LogP contribution in [0, 0.1) is 6.92 Å². The largest absolute Gasteiger partial charge is 0.507 e. The number of benzene rings is 4. The van der Waals surface area contributed by atoms with Gasteiger partial charge in [-0.1, -0.05) is 48.0 Å². The van der Waals surface area contributed by atoms with Gasteiger partial charge in [0.1, 0.15) is 46.8 Å². The molecule has 0 radical (unpaired) electrons. The molecule has 0 aliphatic carbocycles. The van der Waals surface area contributed by atoms with Crippen LogP contribution in [0.4, 0.5) is 0 Å². The molecule has 8 nitrogen and oxygen atoms in total. The van der Waals surface area contributed by atoms with E-state index in [4.69, 9.17) is 9.47 Å². The monoisotopic (exact) mass is 542 g/mol. The molecule has 1 unspecified atom stereocenters. The molecule has 206 valence electrons. The highest BCUT2D eigenvalue weighted by Crippen LogP contribution is 2.32. The van der Waals surface area contributed by atoms with Crippen LogP contribution in [-0.2, 0) is 12.8 Å². The van der Waals surface area contributed by atoms with Crippen LogP contribution < -0.4 is 9.47 Å². The van der Waals surface area contributed by atoms with E-state index < -0.39 is 11.9 Å². The molecule has 4 aromatic carbocycles. The number of aromatic carboxylic acids is 2. The summed E-state index contributed by atoms with van der Waals surface area (Å²) in [4.78, 5) is 23.1. The number of phenols is 2. The lowest BCUT2D eigenvalue weighted by Crippen LogP contribution is -2.22. The topological polar surface area (TPSA) is 134 Å². The standard InChI is InChI=1S/C32H30O8/c1-19-12-23(14-21-8-10-28(33)26(16-21)31(35)36)30(39-18-20(2)40-25-6-4-3-5-7-25)24(13-19)15-22-9-11-29(34)27(17-22)32(37)38/h3-13,16-17,20,33-34H,14-15,18H2,1-2H3,(H,35,36)(H,37,38). The molecular formula is C32H30O8. The van der Waals surface area contributed by atoms with Crippen LogP contribution in [0.25, 0.3) is 0 Å². The predicted molar refractivity (Wildman–Crippen MR) is 149 cm³/mol. The molecule has 0 heterocycles. The molecule has 0 aliphatic heterocycles. The highest BCUT2D eigenvalue weighted by atomic mass is 16.5. The Morgan fingerprint density at radius 3 is 1.73 bits per heavy atom. The van der Waals surface area contributed by atoms with Gasteiger partial charge in [-0.05, 0) is 72.5 Å². The van der Waals surface area contributed by atoms with Gasteiger partial charge in [-0.2, -0.15) is 0 Å². The molecule has 0 spiro atoms. The Kier molecular flexibility index (Phi) is 8.59. The number of carboxylic acid groups (broad SMARTS) is 2. The van der Waals surface area contributed by atoms with Crippen molar-refractivity contribution in [3.63, 3.8) is 0 Å². The SMILES string of the molecule is Cc1cc(Cc2ccc(O)c(C(=O)O)c2)c(OCC(C)Oc2ccccc2)c(Cc2ccc(O)c(C(=O)O)c2)c1. The lowest BCUT2D eigenvalue weighted by Gasteiger charge is -2.21. The van der Waals surface area contributed by atoms with Crippen molar-refractivity contribution < 1.29 is 39.5 Å². The first-order chi connectivity index (χ1) is 19.1. The van der Waals surface area contributed by atoms with Crippen molar-refractivity contribution in [3.05, 3.63) is 118 Å². The van der Waals surface area contributed by atoms with E-state index in [-0.39, 0.29) is 35.3 Å². The second kappa shape index (κ2) is 12.3. The zero-order valence-corrected chi connectivity index (χ0v) is 22.1. The lowest BCUT2D eigenvalue weighted by molar-refractivity contribution is 0.0682. The van der Waals surface area contributed by atoms with E-state index in [1.807, 2.05) is 56.3 Å². The molecular weight excluding hydrogens is 512 g/mol. The molecule has 1 atom stereocenters. The minimum Gasteiger partial charge on any atom is -0.507 e. The molecule has 8 heteroatoms. The molecule has 0 bridgehead atoms.